The topological polar surface area (TPSA) is 107 Å². The normalized spacial score (nSPS) is 18.8. The van der Waals surface area contributed by atoms with Gasteiger partial charge in [-0.1, -0.05) is 12.1 Å². The number of rotatable bonds is 5. The van der Waals surface area contributed by atoms with E-state index in [-0.39, 0.29) is 13.0 Å². The fourth-order valence-corrected chi connectivity index (χ4v) is 5.94. The highest BCUT2D eigenvalue weighted by Gasteiger charge is 2.47. The number of methoxy groups -OCH3 is 1. The van der Waals surface area contributed by atoms with Crippen LogP contribution in [0.15, 0.2) is 53.6 Å². The van der Waals surface area contributed by atoms with Crippen LogP contribution in [-0.2, 0) is 25.5 Å². The zero-order valence-electron chi connectivity index (χ0n) is 18.1. The van der Waals surface area contributed by atoms with Crippen molar-refractivity contribution >= 4 is 21.6 Å². The van der Waals surface area contributed by atoms with Gasteiger partial charge in [0.25, 0.3) is 0 Å². The molecule has 1 aliphatic heterocycles. The molecule has 2 aromatic heterocycles. The van der Waals surface area contributed by atoms with Crippen molar-refractivity contribution < 1.29 is 31.1 Å². The molecule has 3 aromatic rings. The maximum absolute atomic E-state index is 13.5. The predicted molar refractivity (Wildman–Crippen MR) is 114 cm³/mol. The van der Waals surface area contributed by atoms with Crippen LogP contribution >= 0.6 is 0 Å². The zero-order valence-corrected chi connectivity index (χ0v) is 18.9. The van der Waals surface area contributed by atoms with E-state index in [0.717, 1.165) is 25.3 Å². The van der Waals surface area contributed by atoms with E-state index in [1.54, 1.807) is 25.1 Å². The summed E-state index contributed by atoms with van der Waals surface area (Å²) in [5.41, 5.74) is -0.693. The van der Waals surface area contributed by atoms with Gasteiger partial charge in [0.15, 0.2) is 15.7 Å². The van der Waals surface area contributed by atoms with Crippen LogP contribution in [0.2, 0.25) is 0 Å². The molecule has 0 amide bonds. The van der Waals surface area contributed by atoms with Gasteiger partial charge < -0.3 is 9.64 Å². The molecule has 0 bridgehead atoms. The van der Waals surface area contributed by atoms with Crippen LogP contribution in [0.4, 0.5) is 19.0 Å². The highest BCUT2D eigenvalue weighted by atomic mass is 32.2. The van der Waals surface area contributed by atoms with Crippen LogP contribution in [0.5, 0.6) is 0 Å². The molecule has 13 heteroatoms. The summed E-state index contributed by atoms with van der Waals surface area (Å²) in [4.78, 5) is 13.2. The molecule has 1 aliphatic rings. The second-order valence-electron chi connectivity index (χ2n) is 7.73. The van der Waals surface area contributed by atoms with Crippen molar-refractivity contribution in [2.24, 2.45) is 0 Å². The van der Waals surface area contributed by atoms with Gasteiger partial charge in [0.05, 0.1) is 28.5 Å². The summed E-state index contributed by atoms with van der Waals surface area (Å²) in [7, 11) is -3.31. The first kappa shape index (κ1) is 23.7. The number of ether oxygens (including phenoxy) is 1. The minimum Gasteiger partial charge on any atom is -0.467 e. The number of halogens is 3. The van der Waals surface area contributed by atoms with Crippen LogP contribution in [0.3, 0.4) is 0 Å². The lowest BCUT2D eigenvalue weighted by atomic mass is 10.2. The Hall–Kier alpha value is -3.48. The largest absolute Gasteiger partial charge is 0.467 e. The molecule has 0 saturated carbocycles. The van der Waals surface area contributed by atoms with E-state index in [1.807, 2.05) is 0 Å². The second-order valence-corrected chi connectivity index (χ2v) is 9.92. The number of carbonyl (C=O) groups excluding carboxylic acids is 1. The molecule has 0 N–H and O–H groups in total. The molecule has 2 unspecified atom stereocenters. The summed E-state index contributed by atoms with van der Waals surface area (Å²) < 4.78 is 73.6. The Morgan fingerprint density at radius 3 is 2.56 bits per heavy atom. The molecule has 1 aromatic carbocycles. The van der Waals surface area contributed by atoms with E-state index in [4.69, 9.17) is 4.74 Å². The monoisotopic (exact) mass is 495 g/mol. The van der Waals surface area contributed by atoms with Crippen LogP contribution in [0.25, 0.3) is 5.82 Å². The van der Waals surface area contributed by atoms with E-state index in [1.165, 1.54) is 21.8 Å². The Kier molecular flexibility index (Phi) is 6.06. The minimum atomic E-state index is -4.86. The third-order valence-electron chi connectivity index (χ3n) is 5.56. The first-order valence-corrected chi connectivity index (χ1v) is 11.7. The van der Waals surface area contributed by atoms with Crippen LogP contribution in [-0.4, -0.2) is 59.3 Å². The number of anilines is 1. The molecule has 4 rings (SSSR count). The molecule has 1 fully saturated rings. The molecule has 0 spiro atoms. The number of sulfone groups is 1. The maximum Gasteiger partial charge on any atom is 0.417 e. The number of benzene rings is 1. The molecule has 0 radical (unpaired) electrons. The summed E-state index contributed by atoms with van der Waals surface area (Å²) in [6.07, 6.45) is -3.65. The average molecular weight is 495 g/mol. The van der Waals surface area contributed by atoms with Crippen molar-refractivity contribution in [3.63, 3.8) is 0 Å². The Bertz CT molecular complexity index is 1310. The number of esters is 1. The molecule has 0 aliphatic carbocycles. The molecule has 1 saturated heterocycles. The fraction of sp³-hybridized carbons (Fsp3) is 0.333. The number of carbonyl (C=O) groups is 1. The quantitative estimate of drug-likeness (QED) is 0.497. The van der Waals surface area contributed by atoms with Crippen LogP contribution in [0, 0.1) is 6.92 Å². The van der Waals surface area contributed by atoms with E-state index >= 15 is 0 Å². The standard InChI is InChI=1S/C21H20F3N5O4S/c1-13-10-19(29(27-13)18-8-5-9-25-26-18)28-12-14(11-16(28)20(30)33-2)34(31,32)17-7-4-3-6-15(17)21(22,23)24/h3-10,14,16H,11-12H2,1-2H3. The minimum absolute atomic E-state index is 0.250. The number of aromatic nitrogens is 4. The lowest BCUT2D eigenvalue weighted by molar-refractivity contribution is -0.142. The van der Waals surface area contributed by atoms with Gasteiger partial charge in [-0.05, 0) is 37.6 Å². The molecule has 9 nitrogen and oxygen atoms in total. The molecule has 2 atom stereocenters. The Balaban J connectivity index is 1.78. The van der Waals surface area contributed by atoms with Gasteiger partial charge in [-0.3, -0.25) is 0 Å². The Morgan fingerprint density at radius 1 is 1.18 bits per heavy atom. The summed E-state index contributed by atoms with van der Waals surface area (Å²) >= 11 is 0. The van der Waals surface area contributed by atoms with Crippen LogP contribution in [0.1, 0.15) is 17.7 Å². The van der Waals surface area contributed by atoms with Crippen molar-refractivity contribution in [2.75, 3.05) is 18.6 Å². The molecule has 34 heavy (non-hydrogen) atoms. The van der Waals surface area contributed by atoms with Crippen molar-refractivity contribution in [1.82, 2.24) is 20.0 Å². The fourth-order valence-electron chi connectivity index (χ4n) is 4.03. The van der Waals surface area contributed by atoms with Crippen molar-refractivity contribution in [1.29, 1.82) is 0 Å². The number of hydrogen-bond acceptors (Lipinski definition) is 8. The third kappa shape index (κ3) is 4.22. The Morgan fingerprint density at radius 2 is 1.91 bits per heavy atom. The van der Waals surface area contributed by atoms with Crippen molar-refractivity contribution in [2.45, 2.75) is 35.7 Å². The zero-order chi connectivity index (χ0) is 24.7. The van der Waals surface area contributed by atoms with E-state index < -0.39 is 43.7 Å². The summed E-state index contributed by atoms with van der Waals surface area (Å²) in [6, 6.07) is 7.84. The second kappa shape index (κ2) is 8.70. The molecule has 180 valence electrons. The van der Waals surface area contributed by atoms with Crippen LogP contribution < -0.4 is 4.90 Å². The van der Waals surface area contributed by atoms with E-state index in [9.17, 15) is 26.4 Å². The number of nitrogens with zero attached hydrogens (tertiary/aromatic N) is 5. The highest BCUT2D eigenvalue weighted by molar-refractivity contribution is 7.92. The molecular formula is C21H20F3N5O4S. The summed E-state index contributed by atoms with van der Waals surface area (Å²) in [5, 5.41) is 10.9. The lowest BCUT2D eigenvalue weighted by Gasteiger charge is -2.24. The predicted octanol–water partition coefficient (Wildman–Crippen LogP) is 2.58. The van der Waals surface area contributed by atoms with Crippen molar-refractivity contribution in [3.05, 3.63) is 59.9 Å². The van der Waals surface area contributed by atoms with Gasteiger partial charge in [0.2, 0.25) is 0 Å². The average Bonchev–Trinajstić information content (AvgIpc) is 3.43. The van der Waals surface area contributed by atoms with E-state index in [0.29, 0.717) is 17.3 Å². The van der Waals surface area contributed by atoms with Gasteiger partial charge in [0.1, 0.15) is 11.9 Å². The third-order valence-corrected chi connectivity index (χ3v) is 7.74. The molecular weight excluding hydrogens is 475 g/mol. The van der Waals surface area contributed by atoms with Gasteiger partial charge in [-0.2, -0.15) is 28.1 Å². The van der Waals surface area contributed by atoms with Gasteiger partial charge in [-0.15, -0.1) is 5.10 Å². The highest BCUT2D eigenvalue weighted by Crippen LogP contribution is 2.39. The smallest absolute Gasteiger partial charge is 0.417 e. The van der Waals surface area contributed by atoms with Gasteiger partial charge in [0, 0.05) is 18.8 Å². The summed E-state index contributed by atoms with van der Waals surface area (Å²) in [5.74, 6) is -0.0514. The van der Waals surface area contributed by atoms with Crippen molar-refractivity contribution in [3.8, 4) is 5.82 Å². The molecule has 3 heterocycles. The summed E-state index contributed by atoms with van der Waals surface area (Å²) in [6.45, 7) is 1.45. The van der Waals surface area contributed by atoms with Gasteiger partial charge >= 0.3 is 12.1 Å². The number of aryl methyl sites for hydroxylation is 1. The lowest BCUT2D eigenvalue weighted by Crippen LogP contribution is -2.38. The van der Waals surface area contributed by atoms with Gasteiger partial charge in [-0.25, -0.2) is 13.2 Å². The SMILES string of the molecule is COC(=O)C1CC(S(=O)(=O)c2ccccc2C(F)(F)F)CN1c1cc(C)nn1-c1cccnn1. The first-order chi connectivity index (χ1) is 16.0. The first-order valence-electron chi connectivity index (χ1n) is 10.1. The maximum atomic E-state index is 13.5. The number of hydrogen-bond donors (Lipinski definition) is 0. The van der Waals surface area contributed by atoms with E-state index in [2.05, 4.69) is 15.3 Å². The number of alkyl halides is 3. The Labute approximate surface area is 193 Å².